The SMILES string of the molecule is CN(C)CCCN=CC1C(=O)NC(=O)N(c2ccc(F)cc2)C1=O. The summed E-state index contributed by atoms with van der Waals surface area (Å²) in [4.78, 5) is 43.2. The fraction of sp³-hybridized carbons (Fsp3) is 0.375. The van der Waals surface area contributed by atoms with Crippen LogP contribution in [0.3, 0.4) is 0 Å². The number of imide groups is 2. The van der Waals surface area contributed by atoms with E-state index in [4.69, 9.17) is 0 Å². The number of urea groups is 1. The van der Waals surface area contributed by atoms with Gasteiger partial charge in [0, 0.05) is 12.8 Å². The molecule has 1 aromatic carbocycles. The molecule has 1 N–H and O–H groups in total. The first kappa shape index (κ1) is 17.7. The molecule has 7 nitrogen and oxygen atoms in total. The Kier molecular flexibility index (Phi) is 5.75. The number of halogens is 1. The van der Waals surface area contributed by atoms with E-state index in [9.17, 15) is 18.8 Å². The number of nitrogens with zero attached hydrogens (tertiary/aromatic N) is 3. The first-order valence-corrected chi connectivity index (χ1v) is 7.49. The number of carbonyl (C=O) groups is 3. The van der Waals surface area contributed by atoms with Gasteiger partial charge in [0.1, 0.15) is 5.82 Å². The number of barbiturate groups is 1. The minimum atomic E-state index is -1.17. The van der Waals surface area contributed by atoms with E-state index < -0.39 is 29.6 Å². The zero-order chi connectivity index (χ0) is 17.7. The van der Waals surface area contributed by atoms with Crippen molar-refractivity contribution >= 4 is 29.7 Å². The summed E-state index contributed by atoms with van der Waals surface area (Å²) in [5.74, 6) is -3.07. The molecular formula is C16H19FN4O3. The Morgan fingerprint density at radius 2 is 1.92 bits per heavy atom. The Balaban J connectivity index is 2.10. The van der Waals surface area contributed by atoms with Gasteiger partial charge in [0.25, 0.3) is 5.91 Å². The third-order valence-electron chi connectivity index (χ3n) is 3.43. The fourth-order valence-electron chi connectivity index (χ4n) is 2.21. The van der Waals surface area contributed by atoms with Crippen molar-refractivity contribution in [2.75, 3.05) is 32.1 Å². The molecule has 128 valence electrons. The lowest BCUT2D eigenvalue weighted by Gasteiger charge is -2.28. The van der Waals surface area contributed by atoms with Crippen molar-refractivity contribution in [3.63, 3.8) is 0 Å². The molecule has 2 rings (SSSR count). The summed E-state index contributed by atoms with van der Waals surface area (Å²) in [5.41, 5.74) is 0.192. The maximum Gasteiger partial charge on any atom is 0.335 e. The van der Waals surface area contributed by atoms with Crippen molar-refractivity contribution < 1.29 is 18.8 Å². The van der Waals surface area contributed by atoms with Crippen LogP contribution in [0.2, 0.25) is 0 Å². The molecule has 1 heterocycles. The van der Waals surface area contributed by atoms with E-state index in [1.165, 1.54) is 18.3 Å². The highest BCUT2D eigenvalue weighted by Gasteiger charge is 2.40. The standard InChI is InChI=1S/C16H19FN4O3/c1-20(2)9-3-8-18-10-13-14(22)19-16(24)21(15(13)23)12-6-4-11(17)5-7-12/h4-7,10,13H,3,8-9H2,1-2H3,(H,19,22,24). The van der Waals surface area contributed by atoms with Gasteiger partial charge in [0.2, 0.25) is 5.91 Å². The molecule has 1 saturated heterocycles. The summed E-state index contributed by atoms with van der Waals surface area (Å²) in [5, 5.41) is 2.12. The summed E-state index contributed by atoms with van der Waals surface area (Å²) in [6, 6.07) is 4.02. The Labute approximate surface area is 139 Å². The molecule has 1 aromatic rings. The van der Waals surface area contributed by atoms with E-state index in [-0.39, 0.29) is 5.69 Å². The molecule has 0 aliphatic carbocycles. The number of nitrogens with one attached hydrogen (secondary N) is 1. The Morgan fingerprint density at radius 3 is 2.54 bits per heavy atom. The number of hydrogen-bond donors (Lipinski definition) is 1. The normalized spacial score (nSPS) is 18.6. The maximum atomic E-state index is 13.0. The average Bonchev–Trinajstić information content (AvgIpc) is 2.51. The summed E-state index contributed by atoms with van der Waals surface area (Å²) >= 11 is 0. The van der Waals surface area contributed by atoms with Gasteiger partial charge in [-0.05, 0) is 51.3 Å². The second-order valence-electron chi connectivity index (χ2n) is 5.63. The highest BCUT2D eigenvalue weighted by molar-refractivity contribution is 6.32. The zero-order valence-electron chi connectivity index (χ0n) is 13.5. The smallest absolute Gasteiger partial charge is 0.309 e. The number of benzene rings is 1. The molecule has 1 atom stereocenters. The van der Waals surface area contributed by atoms with E-state index in [2.05, 4.69) is 10.3 Å². The van der Waals surface area contributed by atoms with Crippen LogP contribution in [0, 0.1) is 11.7 Å². The first-order chi connectivity index (χ1) is 11.4. The molecule has 1 aliphatic heterocycles. The lowest BCUT2D eigenvalue weighted by molar-refractivity contribution is -0.131. The van der Waals surface area contributed by atoms with Crippen LogP contribution >= 0.6 is 0 Å². The second-order valence-corrected chi connectivity index (χ2v) is 5.63. The molecule has 0 bridgehead atoms. The Morgan fingerprint density at radius 1 is 1.25 bits per heavy atom. The number of rotatable bonds is 6. The van der Waals surface area contributed by atoms with E-state index in [0.717, 1.165) is 30.0 Å². The monoisotopic (exact) mass is 334 g/mol. The molecule has 1 unspecified atom stereocenters. The van der Waals surface area contributed by atoms with Crippen molar-refractivity contribution in [3.05, 3.63) is 30.1 Å². The second kappa shape index (κ2) is 7.78. The molecular weight excluding hydrogens is 315 g/mol. The number of anilines is 1. The fourth-order valence-corrected chi connectivity index (χ4v) is 2.21. The van der Waals surface area contributed by atoms with Crippen molar-refractivity contribution in [1.29, 1.82) is 0 Å². The van der Waals surface area contributed by atoms with Gasteiger partial charge >= 0.3 is 6.03 Å². The molecule has 8 heteroatoms. The Bertz CT molecular complexity index is 658. The zero-order valence-corrected chi connectivity index (χ0v) is 13.5. The predicted octanol–water partition coefficient (Wildman–Crippen LogP) is 1.05. The van der Waals surface area contributed by atoms with Gasteiger partial charge in [-0.15, -0.1) is 0 Å². The van der Waals surface area contributed by atoms with Crippen molar-refractivity contribution in [2.24, 2.45) is 10.9 Å². The van der Waals surface area contributed by atoms with Crippen LogP contribution in [-0.4, -0.2) is 56.1 Å². The molecule has 1 fully saturated rings. The van der Waals surface area contributed by atoms with Gasteiger partial charge in [-0.2, -0.15) is 0 Å². The lowest BCUT2D eigenvalue weighted by Crippen LogP contribution is -2.58. The van der Waals surface area contributed by atoms with Crippen molar-refractivity contribution in [2.45, 2.75) is 6.42 Å². The highest BCUT2D eigenvalue weighted by Crippen LogP contribution is 2.20. The van der Waals surface area contributed by atoms with Crippen LogP contribution in [-0.2, 0) is 9.59 Å². The highest BCUT2D eigenvalue weighted by atomic mass is 19.1. The van der Waals surface area contributed by atoms with Crippen LogP contribution in [0.1, 0.15) is 6.42 Å². The molecule has 0 saturated carbocycles. The van der Waals surface area contributed by atoms with E-state index in [0.29, 0.717) is 6.54 Å². The quantitative estimate of drug-likeness (QED) is 0.479. The number of hydrogen-bond acceptors (Lipinski definition) is 5. The lowest BCUT2D eigenvalue weighted by atomic mass is 10.1. The molecule has 0 radical (unpaired) electrons. The van der Waals surface area contributed by atoms with Crippen molar-refractivity contribution in [1.82, 2.24) is 10.2 Å². The summed E-state index contributed by atoms with van der Waals surface area (Å²) < 4.78 is 13.0. The van der Waals surface area contributed by atoms with Crippen molar-refractivity contribution in [3.8, 4) is 0 Å². The molecule has 0 aromatic heterocycles. The van der Waals surface area contributed by atoms with E-state index >= 15 is 0 Å². The minimum Gasteiger partial charge on any atom is -0.309 e. The van der Waals surface area contributed by atoms with E-state index in [1.807, 2.05) is 19.0 Å². The van der Waals surface area contributed by atoms with Gasteiger partial charge in [0.15, 0.2) is 5.92 Å². The van der Waals surface area contributed by atoms with Crippen LogP contribution in [0.5, 0.6) is 0 Å². The van der Waals surface area contributed by atoms with Crippen LogP contribution in [0.4, 0.5) is 14.9 Å². The minimum absolute atomic E-state index is 0.192. The van der Waals surface area contributed by atoms with Gasteiger partial charge in [-0.3, -0.25) is 19.9 Å². The third kappa shape index (κ3) is 4.23. The van der Waals surface area contributed by atoms with Gasteiger partial charge in [-0.25, -0.2) is 14.1 Å². The molecule has 24 heavy (non-hydrogen) atoms. The average molecular weight is 334 g/mol. The van der Waals surface area contributed by atoms with Gasteiger partial charge < -0.3 is 4.90 Å². The maximum absolute atomic E-state index is 13.0. The largest absolute Gasteiger partial charge is 0.335 e. The van der Waals surface area contributed by atoms with Crippen LogP contribution in [0.25, 0.3) is 0 Å². The topological polar surface area (TPSA) is 82.1 Å². The number of aliphatic imine (C=N–C) groups is 1. The predicted molar refractivity (Wildman–Crippen MR) is 87.4 cm³/mol. The van der Waals surface area contributed by atoms with Gasteiger partial charge in [-0.1, -0.05) is 0 Å². The molecule has 4 amide bonds. The Hall–Kier alpha value is -2.61. The summed E-state index contributed by atoms with van der Waals surface area (Å²) in [7, 11) is 3.88. The number of amides is 4. The summed E-state index contributed by atoms with van der Waals surface area (Å²) in [6.07, 6.45) is 2.04. The number of carbonyl (C=O) groups excluding carboxylic acids is 3. The van der Waals surface area contributed by atoms with Gasteiger partial charge in [0.05, 0.1) is 5.69 Å². The summed E-state index contributed by atoms with van der Waals surface area (Å²) in [6.45, 7) is 1.31. The first-order valence-electron chi connectivity index (χ1n) is 7.49. The van der Waals surface area contributed by atoms with E-state index in [1.54, 1.807) is 0 Å². The molecule has 0 spiro atoms. The molecule has 1 aliphatic rings. The third-order valence-corrected chi connectivity index (χ3v) is 3.43. The van der Waals surface area contributed by atoms with Crippen LogP contribution < -0.4 is 10.2 Å². The van der Waals surface area contributed by atoms with Crippen LogP contribution in [0.15, 0.2) is 29.3 Å².